The van der Waals surface area contributed by atoms with Gasteiger partial charge >= 0.3 is 0 Å². The molecule has 1 amide bonds. The molecule has 0 aromatic heterocycles. The highest BCUT2D eigenvalue weighted by molar-refractivity contribution is 5.94. The quantitative estimate of drug-likeness (QED) is 0.810. The van der Waals surface area contributed by atoms with Crippen LogP contribution >= 0.6 is 12.4 Å². The minimum absolute atomic E-state index is 0. The van der Waals surface area contributed by atoms with Crippen molar-refractivity contribution in [1.82, 2.24) is 10.6 Å². The molecule has 0 bridgehead atoms. The lowest BCUT2D eigenvalue weighted by Gasteiger charge is -2.13. The van der Waals surface area contributed by atoms with E-state index in [2.05, 4.69) is 17.6 Å². The largest absolute Gasteiger partial charge is 0.491 e. The van der Waals surface area contributed by atoms with Gasteiger partial charge in [-0.15, -0.1) is 12.4 Å². The Morgan fingerprint density at radius 3 is 2.73 bits per heavy atom. The number of carbonyl (C=O) groups is 1. The van der Waals surface area contributed by atoms with E-state index in [-0.39, 0.29) is 24.4 Å². The number of nitrogens with one attached hydrogen (secondary N) is 2. The Labute approximate surface area is 139 Å². The lowest BCUT2D eigenvalue weighted by Crippen LogP contribution is -2.26. The Balaban J connectivity index is 0.00000242. The van der Waals surface area contributed by atoms with Gasteiger partial charge in [0.2, 0.25) is 0 Å². The number of hydrogen-bond donors (Lipinski definition) is 2. The second-order valence-corrected chi connectivity index (χ2v) is 5.76. The van der Waals surface area contributed by atoms with Gasteiger partial charge in [0.05, 0.1) is 6.10 Å². The smallest absolute Gasteiger partial charge is 0.251 e. The van der Waals surface area contributed by atoms with Gasteiger partial charge < -0.3 is 15.4 Å². The van der Waals surface area contributed by atoms with E-state index in [0.717, 1.165) is 38.2 Å². The highest BCUT2D eigenvalue weighted by Crippen LogP contribution is 2.15. The SMILES string of the molecule is CCC(C)Oc1ccc(C(=O)NCCC2CCNC2)cc1.Cl. The number of hydrogen-bond acceptors (Lipinski definition) is 3. The Bertz CT molecular complexity index is 444. The summed E-state index contributed by atoms with van der Waals surface area (Å²) in [6.45, 7) is 7.06. The van der Waals surface area contributed by atoms with Crippen molar-refractivity contribution in [3.05, 3.63) is 29.8 Å². The van der Waals surface area contributed by atoms with Crippen LogP contribution in [0.25, 0.3) is 0 Å². The maximum Gasteiger partial charge on any atom is 0.251 e. The second kappa shape index (κ2) is 9.70. The second-order valence-electron chi connectivity index (χ2n) is 5.76. The average Bonchev–Trinajstić information content (AvgIpc) is 3.01. The normalized spacial score (nSPS) is 18.4. The standard InChI is InChI=1S/C17H26N2O2.ClH/c1-3-13(2)21-16-6-4-15(5-7-16)17(20)19-11-9-14-8-10-18-12-14;/h4-7,13-14,18H,3,8-12H2,1-2H3,(H,19,20);1H. The molecule has 1 aromatic rings. The van der Waals surface area contributed by atoms with E-state index in [4.69, 9.17) is 4.74 Å². The fourth-order valence-corrected chi connectivity index (χ4v) is 2.45. The van der Waals surface area contributed by atoms with Crippen molar-refractivity contribution in [1.29, 1.82) is 0 Å². The van der Waals surface area contributed by atoms with Crippen LogP contribution < -0.4 is 15.4 Å². The zero-order valence-corrected chi connectivity index (χ0v) is 14.2. The minimum Gasteiger partial charge on any atom is -0.491 e. The lowest BCUT2D eigenvalue weighted by atomic mass is 10.1. The van der Waals surface area contributed by atoms with Crippen LogP contribution in [0.15, 0.2) is 24.3 Å². The number of halogens is 1. The van der Waals surface area contributed by atoms with Crippen molar-refractivity contribution in [2.24, 2.45) is 5.92 Å². The van der Waals surface area contributed by atoms with Gasteiger partial charge in [0.25, 0.3) is 5.91 Å². The van der Waals surface area contributed by atoms with Crippen LogP contribution in [0.3, 0.4) is 0 Å². The Kier molecular flexibility index (Phi) is 8.28. The topological polar surface area (TPSA) is 50.4 Å². The first kappa shape index (κ1) is 18.8. The van der Waals surface area contributed by atoms with Crippen LogP contribution in [0.1, 0.15) is 43.5 Å². The van der Waals surface area contributed by atoms with Crippen molar-refractivity contribution >= 4 is 18.3 Å². The van der Waals surface area contributed by atoms with E-state index in [9.17, 15) is 4.79 Å². The predicted octanol–water partition coefficient (Wildman–Crippen LogP) is 3.02. The lowest BCUT2D eigenvalue weighted by molar-refractivity contribution is 0.0951. The molecule has 1 fully saturated rings. The molecule has 4 nitrogen and oxygen atoms in total. The van der Waals surface area contributed by atoms with Gasteiger partial charge in [-0.3, -0.25) is 4.79 Å². The first-order valence-corrected chi connectivity index (χ1v) is 7.94. The molecule has 0 spiro atoms. The third-order valence-electron chi connectivity index (χ3n) is 4.03. The summed E-state index contributed by atoms with van der Waals surface area (Å²) in [7, 11) is 0. The van der Waals surface area contributed by atoms with Gasteiger partial charge in [-0.2, -0.15) is 0 Å². The minimum atomic E-state index is -0.00366. The summed E-state index contributed by atoms with van der Waals surface area (Å²) in [5, 5.41) is 6.33. The predicted molar refractivity (Wildman–Crippen MR) is 92.0 cm³/mol. The van der Waals surface area contributed by atoms with Crippen LogP contribution in [0, 0.1) is 5.92 Å². The Morgan fingerprint density at radius 1 is 1.41 bits per heavy atom. The molecule has 5 heteroatoms. The van der Waals surface area contributed by atoms with E-state index >= 15 is 0 Å². The fourth-order valence-electron chi connectivity index (χ4n) is 2.45. The van der Waals surface area contributed by atoms with Crippen molar-refractivity contribution in [3.63, 3.8) is 0 Å². The number of ether oxygens (including phenoxy) is 1. The van der Waals surface area contributed by atoms with Crippen molar-refractivity contribution in [2.45, 2.75) is 39.2 Å². The number of benzene rings is 1. The Morgan fingerprint density at radius 2 is 2.14 bits per heavy atom. The molecule has 0 saturated carbocycles. The highest BCUT2D eigenvalue weighted by Gasteiger charge is 2.14. The van der Waals surface area contributed by atoms with Crippen LogP contribution in [0.5, 0.6) is 5.75 Å². The molecule has 2 N–H and O–H groups in total. The first-order chi connectivity index (χ1) is 10.2. The highest BCUT2D eigenvalue weighted by atomic mass is 35.5. The summed E-state index contributed by atoms with van der Waals surface area (Å²) in [5.74, 6) is 1.52. The maximum absolute atomic E-state index is 12.0. The van der Waals surface area contributed by atoms with Crippen LogP contribution in [-0.2, 0) is 0 Å². The molecule has 1 saturated heterocycles. The molecule has 2 atom stereocenters. The van der Waals surface area contributed by atoms with E-state index in [1.54, 1.807) is 0 Å². The first-order valence-electron chi connectivity index (χ1n) is 7.94. The van der Waals surface area contributed by atoms with Crippen molar-refractivity contribution in [3.8, 4) is 5.75 Å². The molecule has 2 unspecified atom stereocenters. The van der Waals surface area contributed by atoms with Crippen molar-refractivity contribution < 1.29 is 9.53 Å². The monoisotopic (exact) mass is 326 g/mol. The van der Waals surface area contributed by atoms with Gasteiger partial charge in [-0.1, -0.05) is 6.92 Å². The molecule has 1 heterocycles. The molecule has 0 radical (unpaired) electrons. The van der Waals surface area contributed by atoms with Gasteiger partial charge in [0, 0.05) is 12.1 Å². The molecule has 1 aliphatic heterocycles. The fraction of sp³-hybridized carbons (Fsp3) is 0.588. The van der Waals surface area contributed by atoms with Crippen LogP contribution in [0.4, 0.5) is 0 Å². The van der Waals surface area contributed by atoms with E-state index < -0.39 is 0 Å². The number of amides is 1. The zero-order chi connectivity index (χ0) is 15.1. The molecule has 22 heavy (non-hydrogen) atoms. The molecule has 1 aromatic carbocycles. The summed E-state index contributed by atoms with van der Waals surface area (Å²) in [6, 6.07) is 7.37. The van der Waals surface area contributed by atoms with Gasteiger partial charge in [0.15, 0.2) is 0 Å². The number of carbonyl (C=O) groups excluding carboxylic acids is 1. The summed E-state index contributed by atoms with van der Waals surface area (Å²) >= 11 is 0. The molecule has 2 rings (SSSR count). The molecule has 124 valence electrons. The third-order valence-corrected chi connectivity index (χ3v) is 4.03. The summed E-state index contributed by atoms with van der Waals surface area (Å²) in [6.07, 6.45) is 3.44. The van der Waals surface area contributed by atoms with Crippen molar-refractivity contribution in [2.75, 3.05) is 19.6 Å². The number of rotatable bonds is 7. The third kappa shape index (κ3) is 5.85. The van der Waals surface area contributed by atoms with Gasteiger partial charge in [0.1, 0.15) is 5.75 Å². The summed E-state index contributed by atoms with van der Waals surface area (Å²) in [4.78, 5) is 12.0. The average molecular weight is 327 g/mol. The maximum atomic E-state index is 12.0. The van der Waals surface area contributed by atoms with Crippen LogP contribution in [0.2, 0.25) is 0 Å². The summed E-state index contributed by atoms with van der Waals surface area (Å²) < 4.78 is 5.71. The van der Waals surface area contributed by atoms with Gasteiger partial charge in [-0.25, -0.2) is 0 Å². The molecule has 0 aliphatic carbocycles. The molecule has 1 aliphatic rings. The van der Waals surface area contributed by atoms with E-state index in [0.29, 0.717) is 11.5 Å². The molecular weight excluding hydrogens is 300 g/mol. The van der Waals surface area contributed by atoms with E-state index in [1.807, 2.05) is 31.2 Å². The van der Waals surface area contributed by atoms with E-state index in [1.165, 1.54) is 6.42 Å². The van der Waals surface area contributed by atoms with Crippen LogP contribution in [-0.4, -0.2) is 31.6 Å². The zero-order valence-electron chi connectivity index (χ0n) is 13.4. The molecular formula is C17H27ClN2O2. The summed E-state index contributed by atoms with van der Waals surface area (Å²) in [5.41, 5.74) is 0.691. The van der Waals surface area contributed by atoms with Gasteiger partial charge in [-0.05, 0) is 69.5 Å². The Hall–Kier alpha value is -1.26.